The molecule has 1 aliphatic heterocycles. The van der Waals surface area contributed by atoms with Gasteiger partial charge in [0, 0.05) is 44.6 Å². The molecule has 1 amide bonds. The molecule has 1 aliphatic rings. The average Bonchev–Trinajstić information content (AvgIpc) is 3.09. The maximum absolute atomic E-state index is 12.6. The number of hydrogen-bond donors (Lipinski definition) is 1. The van der Waals surface area contributed by atoms with Crippen molar-refractivity contribution < 1.29 is 9.53 Å². The lowest BCUT2D eigenvalue weighted by molar-refractivity contribution is -0.124. The summed E-state index contributed by atoms with van der Waals surface area (Å²) in [6.07, 6.45) is 3.56. The maximum atomic E-state index is 12.6. The van der Waals surface area contributed by atoms with E-state index >= 15 is 0 Å². The summed E-state index contributed by atoms with van der Waals surface area (Å²) in [5.41, 5.74) is 3.04. The zero-order valence-electron chi connectivity index (χ0n) is 15.3. The Balaban J connectivity index is 1.75. The molecule has 1 N–H and O–H groups in total. The normalized spacial score (nSPS) is 15.1. The van der Waals surface area contributed by atoms with Crippen LogP contribution in [0.5, 0.6) is 5.75 Å². The molecule has 4 rings (SSSR count). The van der Waals surface area contributed by atoms with Crippen LogP contribution in [-0.2, 0) is 18.4 Å². The molecule has 3 aromatic rings. The third kappa shape index (κ3) is 3.31. The number of benzene rings is 1. The first-order valence-corrected chi connectivity index (χ1v) is 8.76. The van der Waals surface area contributed by atoms with Crippen molar-refractivity contribution in [3.05, 3.63) is 52.8 Å². The van der Waals surface area contributed by atoms with Crippen molar-refractivity contribution in [3.63, 3.8) is 0 Å². The highest BCUT2D eigenvalue weighted by atomic mass is 16.5. The first-order valence-electron chi connectivity index (χ1n) is 8.76. The molecule has 0 unspecified atom stereocenters. The number of nitrogens with one attached hydrogen (secondary N) is 1. The molecular formula is C19H21N5O3. The van der Waals surface area contributed by atoms with Gasteiger partial charge < -0.3 is 14.6 Å². The maximum Gasteiger partial charge on any atom is 0.333 e. The largest absolute Gasteiger partial charge is 0.497 e. The summed E-state index contributed by atoms with van der Waals surface area (Å²) in [5, 5.41) is 2.81. The van der Waals surface area contributed by atoms with Gasteiger partial charge in [-0.25, -0.2) is 9.78 Å². The zero-order valence-corrected chi connectivity index (χ0v) is 15.3. The molecule has 0 radical (unpaired) electrons. The van der Waals surface area contributed by atoms with E-state index in [9.17, 15) is 9.59 Å². The van der Waals surface area contributed by atoms with E-state index in [-0.39, 0.29) is 11.6 Å². The number of hydrogen-bond acceptors (Lipinski definition) is 5. The van der Waals surface area contributed by atoms with Crippen LogP contribution in [0.2, 0.25) is 0 Å². The second-order valence-corrected chi connectivity index (χ2v) is 6.65. The number of carbonyl (C=O) groups excluding carboxylic acids is 1. The van der Waals surface area contributed by atoms with Crippen LogP contribution in [0, 0.1) is 0 Å². The highest BCUT2D eigenvalue weighted by Crippen LogP contribution is 2.25. The molecule has 8 heteroatoms. The Hall–Kier alpha value is -3.13. The Morgan fingerprint density at radius 2 is 1.96 bits per heavy atom. The quantitative estimate of drug-likeness (QED) is 0.732. The monoisotopic (exact) mass is 367 g/mol. The number of methoxy groups -OCH3 is 1. The number of fused-ring (bicyclic) bond motifs is 1. The van der Waals surface area contributed by atoms with Gasteiger partial charge >= 0.3 is 5.69 Å². The van der Waals surface area contributed by atoms with Crippen LogP contribution in [0.15, 0.2) is 41.5 Å². The lowest BCUT2D eigenvalue weighted by atomic mass is 10.1. The number of amides is 1. The molecule has 0 atom stereocenters. The standard InChI is InChI=1S/C19H21N5O3/c1-22-11-16(13-3-5-15(27-2)6-4-13)18-21-14(10-24(18)19(22)26)9-23-8-7-20-17(25)12-23/h3-6,10-11H,7-9,12H2,1-2H3,(H,20,25). The van der Waals surface area contributed by atoms with E-state index in [4.69, 9.17) is 9.72 Å². The number of ether oxygens (including phenoxy) is 1. The predicted molar refractivity (Wildman–Crippen MR) is 101 cm³/mol. The van der Waals surface area contributed by atoms with E-state index < -0.39 is 0 Å². The van der Waals surface area contributed by atoms with Crippen molar-refractivity contribution >= 4 is 11.6 Å². The molecule has 0 bridgehead atoms. The van der Waals surface area contributed by atoms with E-state index in [0.29, 0.717) is 25.3 Å². The Bertz CT molecular complexity index is 1050. The van der Waals surface area contributed by atoms with Crippen LogP contribution in [0.1, 0.15) is 5.69 Å². The van der Waals surface area contributed by atoms with Crippen molar-refractivity contribution in [2.45, 2.75) is 6.54 Å². The molecule has 2 aromatic heterocycles. The van der Waals surface area contributed by atoms with E-state index in [1.807, 2.05) is 29.2 Å². The van der Waals surface area contributed by atoms with Crippen molar-refractivity contribution in [3.8, 4) is 16.9 Å². The Morgan fingerprint density at radius 1 is 1.19 bits per heavy atom. The highest BCUT2D eigenvalue weighted by Gasteiger charge is 2.19. The molecule has 1 fully saturated rings. The van der Waals surface area contributed by atoms with Gasteiger partial charge in [-0.3, -0.25) is 14.1 Å². The van der Waals surface area contributed by atoms with Gasteiger partial charge in [0.15, 0.2) is 5.65 Å². The van der Waals surface area contributed by atoms with Gasteiger partial charge in [-0.2, -0.15) is 0 Å². The predicted octanol–water partition coefficient (Wildman–Crippen LogP) is 0.640. The summed E-state index contributed by atoms with van der Waals surface area (Å²) in [7, 11) is 3.35. The van der Waals surface area contributed by atoms with Crippen molar-refractivity contribution in [2.24, 2.45) is 7.05 Å². The molecule has 3 heterocycles. The molecule has 1 aromatic carbocycles. The van der Waals surface area contributed by atoms with Crippen LogP contribution in [0.25, 0.3) is 16.8 Å². The fourth-order valence-electron chi connectivity index (χ4n) is 3.35. The van der Waals surface area contributed by atoms with Crippen molar-refractivity contribution in [1.29, 1.82) is 0 Å². The lowest BCUT2D eigenvalue weighted by Crippen LogP contribution is -2.47. The van der Waals surface area contributed by atoms with Gasteiger partial charge in [0.1, 0.15) is 5.75 Å². The van der Waals surface area contributed by atoms with Gasteiger partial charge in [-0.1, -0.05) is 12.1 Å². The lowest BCUT2D eigenvalue weighted by Gasteiger charge is -2.25. The molecule has 0 saturated carbocycles. The molecule has 0 aliphatic carbocycles. The van der Waals surface area contributed by atoms with Crippen LogP contribution < -0.4 is 15.7 Å². The Morgan fingerprint density at radius 3 is 2.67 bits per heavy atom. The van der Waals surface area contributed by atoms with Gasteiger partial charge in [0.25, 0.3) is 0 Å². The summed E-state index contributed by atoms with van der Waals surface area (Å²) in [5.74, 6) is 0.784. The third-order valence-electron chi connectivity index (χ3n) is 4.73. The number of carbonyl (C=O) groups is 1. The summed E-state index contributed by atoms with van der Waals surface area (Å²) >= 11 is 0. The van der Waals surface area contributed by atoms with Gasteiger partial charge in [0.2, 0.25) is 5.91 Å². The first-order chi connectivity index (χ1) is 13.0. The van der Waals surface area contributed by atoms with E-state index in [1.165, 1.54) is 0 Å². The summed E-state index contributed by atoms with van der Waals surface area (Å²) in [4.78, 5) is 30.9. The minimum atomic E-state index is -0.155. The minimum absolute atomic E-state index is 0.0137. The Labute approximate surface area is 156 Å². The van der Waals surface area contributed by atoms with Crippen molar-refractivity contribution in [2.75, 3.05) is 26.7 Å². The topological polar surface area (TPSA) is 80.9 Å². The van der Waals surface area contributed by atoms with Crippen LogP contribution >= 0.6 is 0 Å². The average molecular weight is 367 g/mol. The van der Waals surface area contributed by atoms with E-state index in [0.717, 1.165) is 29.1 Å². The van der Waals surface area contributed by atoms with Gasteiger partial charge in [-0.15, -0.1) is 0 Å². The number of aromatic nitrogens is 3. The molecule has 1 saturated heterocycles. The van der Waals surface area contributed by atoms with Crippen molar-refractivity contribution in [1.82, 2.24) is 24.2 Å². The van der Waals surface area contributed by atoms with Gasteiger partial charge in [0.05, 0.1) is 19.3 Å². The minimum Gasteiger partial charge on any atom is -0.497 e. The molecule has 0 spiro atoms. The van der Waals surface area contributed by atoms with Crippen LogP contribution in [-0.4, -0.2) is 51.5 Å². The SMILES string of the molecule is COc1ccc(-c2cn(C)c(=O)n3cc(CN4CCNC(=O)C4)nc23)cc1. The number of nitrogens with zero attached hydrogens (tertiary/aromatic N) is 4. The summed E-state index contributed by atoms with van der Waals surface area (Å²) in [6, 6.07) is 7.66. The number of piperazine rings is 1. The van der Waals surface area contributed by atoms with Gasteiger partial charge in [-0.05, 0) is 17.7 Å². The fourth-order valence-corrected chi connectivity index (χ4v) is 3.35. The highest BCUT2D eigenvalue weighted by molar-refractivity contribution is 5.79. The molecule has 140 valence electrons. The fraction of sp³-hybridized carbons (Fsp3) is 0.316. The smallest absolute Gasteiger partial charge is 0.333 e. The Kier molecular flexibility index (Phi) is 4.41. The van der Waals surface area contributed by atoms with Crippen LogP contribution in [0.4, 0.5) is 0 Å². The summed E-state index contributed by atoms with van der Waals surface area (Å²) in [6.45, 7) is 2.27. The summed E-state index contributed by atoms with van der Waals surface area (Å²) < 4.78 is 8.33. The molecular weight excluding hydrogens is 346 g/mol. The second-order valence-electron chi connectivity index (χ2n) is 6.65. The second kappa shape index (κ2) is 6.88. The third-order valence-corrected chi connectivity index (χ3v) is 4.73. The number of aryl methyl sites for hydroxylation is 1. The zero-order chi connectivity index (χ0) is 19.0. The molecule has 8 nitrogen and oxygen atoms in total. The van der Waals surface area contributed by atoms with E-state index in [1.54, 1.807) is 35.5 Å². The van der Waals surface area contributed by atoms with E-state index in [2.05, 4.69) is 5.32 Å². The van der Waals surface area contributed by atoms with Crippen LogP contribution in [0.3, 0.4) is 0 Å². The first kappa shape index (κ1) is 17.3. The number of imidazole rings is 1. The number of rotatable bonds is 4. The molecule has 27 heavy (non-hydrogen) atoms.